The summed E-state index contributed by atoms with van der Waals surface area (Å²) in [7, 11) is 2.10. The number of carbonyl (C=O) groups excluding carboxylic acids is 1. The number of hydrogen-bond donors (Lipinski definition) is 2. The van der Waals surface area contributed by atoms with Gasteiger partial charge in [-0.2, -0.15) is 0 Å². The number of nitrogens with zero attached hydrogens (tertiary/aromatic N) is 2. The lowest BCUT2D eigenvalue weighted by atomic mass is 10.2. The highest BCUT2D eigenvalue weighted by molar-refractivity contribution is 7.89. The van der Waals surface area contributed by atoms with Gasteiger partial charge < -0.3 is 9.88 Å². The van der Waals surface area contributed by atoms with Crippen molar-refractivity contribution in [3.05, 3.63) is 47.8 Å². The third kappa shape index (κ3) is 4.72. The van der Waals surface area contributed by atoms with Crippen molar-refractivity contribution in [2.45, 2.75) is 24.8 Å². The maximum Gasteiger partial charge on any atom is 0.240 e. The molecule has 1 amide bonds. The first-order valence-electron chi connectivity index (χ1n) is 8.27. The molecule has 142 valence electrons. The molecule has 0 aliphatic heterocycles. The molecule has 0 spiro atoms. The number of anilines is 1. The molecule has 1 aromatic heterocycles. The van der Waals surface area contributed by atoms with Gasteiger partial charge in [0.2, 0.25) is 15.9 Å². The van der Waals surface area contributed by atoms with Gasteiger partial charge in [-0.3, -0.25) is 9.69 Å². The lowest BCUT2D eigenvalue weighted by molar-refractivity contribution is -0.114. The Labute approximate surface area is 155 Å². The Bertz CT molecular complexity index is 888. The van der Waals surface area contributed by atoms with E-state index in [1.807, 2.05) is 48.9 Å². The Morgan fingerprint density at radius 1 is 1.27 bits per heavy atom. The quantitative estimate of drug-likeness (QED) is 0.770. The molecule has 0 fully saturated rings. The summed E-state index contributed by atoms with van der Waals surface area (Å²) < 4.78 is 30.2. The van der Waals surface area contributed by atoms with E-state index in [1.54, 1.807) is 19.1 Å². The third-order valence-electron chi connectivity index (χ3n) is 4.20. The molecule has 8 heteroatoms. The maximum atomic E-state index is 12.7. The Morgan fingerprint density at radius 2 is 1.96 bits per heavy atom. The van der Waals surface area contributed by atoms with Crippen LogP contribution in [0.5, 0.6) is 0 Å². The first kappa shape index (κ1) is 20.2. The van der Waals surface area contributed by atoms with Crippen LogP contribution in [0.15, 0.2) is 41.4 Å². The predicted octanol–water partition coefficient (Wildman–Crippen LogP) is 1.87. The van der Waals surface area contributed by atoms with Gasteiger partial charge in [0.1, 0.15) is 0 Å². The molecule has 2 rings (SSSR count). The summed E-state index contributed by atoms with van der Waals surface area (Å²) in [6.07, 6.45) is 1.94. The van der Waals surface area contributed by atoms with Crippen LogP contribution in [0.4, 0.5) is 5.69 Å². The van der Waals surface area contributed by atoms with Gasteiger partial charge in [0.25, 0.3) is 0 Å². The molecule has 7 nitrogen and oxygen atoms in total. The van der Waals surface area contributed by atoms with Gasteiger partial charge in [-0.05, 0) is 56.9 Å². The number of aryl methyl sites for hydroxylation is 2. The number of aromatic nitrogens is 1. The Morgan fingerprint density at radius 3 is 2.46 bits per heavy atom. The summed E-state index contributed by atoms with van der Waals surface area (Å²) in [6.45, 7) is 3.37. The highest BCUT2D eigenvalue weighted by atomic mass is 32.2. The topological polar surface area (TPSA) is 83.4 Å². The average molecular weight is 378 g/mol. The lowest BCUT2D eigenvalue weighted by Crippen LogP contribution is -2.35. The van der Waals surface area contributed by atoms with Crippen LogP contribution in [0, 0.1) is 6.92 Å². The number of likely N-dealkylation sites (N-methyl/N-ethyl adjacent to an activating group) is 1. The van der Waals surface area contributed by atoms with Crippen LogP contribution in [0.1, 0.15) is 24.2 Å². The molecule has 0 aliphatic carbocycles. The molecule has 0 aliphatic rings. The molecule has 0 bridgehead atoms. The minimum atomic E-state index is -3.67. The smallest absolute Gasteiger partial charge is 0.240 e. The fourth-order valence-electron chi connectivity index (χ4n) is 2.87. The van der Waals surface area contributed by atoms with Crippen molar-refractivity contribution < 1.29 is 13.2 Å². The second kappa shape index (κ2) is 8.03. The van der Waals surface area contributed by atoms with Gasteiger partial charge in [-0.15, -0.1) is 0 Å². The molecule has 0 saturated carbocycles. The fourth-order valence-corrected chi connectivity index (χ4v) is 4.13. The van der Waals surface area contributed by atoms with Crippen molar-refractivity contribution in [2.24, 2.45) is 7.05 Å². The van der Waals surface area contributed by atoms with Crippen LogP contribution < -0.4 is 10.0 Å². The Hall–Kier alpha value is -2.16. The third-order valence-corrected chi connectivity index (χ3v) is 5.78. The van der Waals surface area contributed by atoms with Crippen LogP contribution in [0.2, 0.25) is 0 Å². The number of nitrogens with one attached hydrogen (secondary N) is 2. The SMILES string of the molecule is CC(=O)Nc1ccc(S(=O)(=O)NCC(c2cccn2C)N(C)C)c(C)c1. The lowest BCUT2D eigenvalue weighted by Gasteiger charge is -2.25. The normalized spacial score (nSPS) is 13.0. The summed E-state index contributed by atoms with van der Waals surface area (Å²) in [5, 5.41) is 2.65. The van der Waals surface area contributed by atoms with E-state index in [0.717, 1.165) is 5.69 Å². The second-order valence-electron chi connectivity index (χ2n) is 6.54. The van der Waals surface area contributed by atoms with Gasteiger partial charge in [0, 0.05) is 38.1 Å². The number of carbonyl (C=O) groups is 1. The molecule has 26 heavy (non-hydrogen) atoms. The Balaban J connectivity index is 2.20. The Kier molecular flexibility index (Phi) is 6.22. The van der Waals surface area contributed by atoms with Crippen LogP contribution >= 0.6 is 0 Å². The van der Waals surface area contributed by atoms with Gasteiger partial charge in [-0.1, -0.05) is 0 Å². The largest absolute Gasteiger partial charge is 0.353 e. The van der Waals surface area contributed by atoms with E-state index in [0.29, 0.717) is 11.3 Å². The molecule has 0 saturated heterocycles. The van der Waals surface area contributed by atoms with Crippen molar-refractivity contribution >= 4 is 21.6 Å². The van der Waals surface area contributed by atoms with Crippen molar-refractivity contribution in [1.29, 1.82) is 0 Å². The zero-order valence-corrected chi connectivity index (χ0v) is 16.6. The summed E-state index contributed by atoms with van der Waals surface area (Å²) in [4.78, 5) is 13.3. The van der Waals surface area contributed by atoms with Crippen molar-refractivity contribution in [3.63, 3.8) is 0 Å². The molecule has 1 heterocycles. The van der Waals surface area contributed by atoms with Gasteiger partial charge in [0.05, 0.1) is 10.9 Å². The molecule has 1 aromatic carbocycles. The number of amides is 1. The van der Waals surface area contributed by atoms with E-state index >= 15 is 0 Å². The highest BCUT2D eigenvalue weighted by Gasteiger charge is 2.22. The van der Waals surface area contributed by atoms with Crippen LogP contribution in [-0.2, 0) is 21.9 Å². The number of rotatable bonds is 7. The first-order chi connectivity index (χ1) is 12.1. The molecular weight excluding hydrogens is 352 g/mol. The van der Waals surface area contributed by atoms with Crippen LogP contribution in [0.3, 0.4) is 0 Å². The minimum Gasteiger partial charge on any atom is -0.353 e. The summed E-state index contributed by atoms with van der Waals surface area (Å²) in [5.74, 6) is -0.200. The van der Waals surface area contributed by atoms with E-state index in [1.165, 1.54) is 13.0 Å². The van der Waals surface area contributed by atoms with Crippen molar-refractivity contribution in [1.82, 2.24) is 14.2 Å². The van der Waals surface area contributed by atoms with Gasteiger partial charge in [-0.25, -0.2) is 13.1 Å². The number of hydrogen-bond acceptors (Lipinski definition) is 4. The molecule has 1 atom stereocenters. The van der Waals surface area contributed by atoms with E-state index in [-0.39, 0.29) is 23.4 Å². The molecule has 2 N–H and O–H groups in total. The predicted molar refractivity (Wildman–Crippen MR) is 103 cm³/mol. The number of sulfonamides is 1. The standard InChI is InChI=1S/C18H26N4O3S/c1-13-11-15(20-14(2)23)8-9-18(13)26(24,25)19-12-17(21(3)4)16-7-6-10-22(16)5/h6-11,17,19H,12H2,1-5H3,(H,20,23). The molecule has 0 radical (unpaired) electrons. The zero-order chi connectivity index (χ0) is 19.5. The molecule has 2 aromatic rings. The highest BCUT2D eigenvalue weighted by Crippen LogP contribution is 2.22. The summed E-state index contributed by atoms with van der Waals surface area (Å²) >= 11 is 0. The molecule has 1 unspecified atom stereocenters. The van der Waals surface area contributed by atoms with E-state index in [9.17, 15) is 13.2 Å². The average Bonchev–Trinajstić information content (AvgIpc) is 2.92. The van der Waals surface area contributed by atoms with E-state index in [2.05, 4.69) is 10.0 Å². The molecular formula is C18H26N4O3S. The van der Waals surface area contributed by atoms with Crippen molar-refractivity contribution in [3.8, 4) is 0 Å². The first-order valence-corrected chi connectivity index (χ1v) is 9.75. The summed E-state index contributed by atoms with van der Waals surface area (Å²) in [5.41, 5.74) is 2.17. The van der Waals surface area contributed by atoms with E-state index in [4.69, 9.17) is 0 Å². The van der Waals surface area contributed by atoms with Gasteiger partial charge in [0.15, 0.2) is 0 Å². The maximum absolute atomic E-state index is 12.7. The minimum absolute atomic E-state index is 0.0938. The monoisotopic (exact) mass is 378 g/mol. The van der Waals surface area contributed by atoms with Crippen LogP contribution in [-0.4, -0.2) is 44.4 Å². The fraction of sp³-hybridized carbons (Fsp3) is 0.389. The zero-order valence-electron chi connectivity index (χ0n) is 15.8. The summed E-state index contributed by atoms with van der Waals surface area (Å²) in [6, 6.07) is 8.57. The van der Waals surface area contributed by atoms with Crippen LogP contribution in [0.25, 0.3) is 0 Å². The van der Waals surface area contributed by atoms with E-state index < -0.39 is 10.0 Å². The van der Waals surface area contributed by atoms with Gasteiger partial charge >= 0.3 is 0 Å². The number of benzene rings is 1. The van der Waals surface area contributed by atoms with Crippen molar-refractivity contribution in [2.75, 3.05) is 26.0 Å². The second-order valence-corrected chi connectivity index (χ2v) is 8.27.